The van der Waals surface area contributed by atoms with E-state index in [-0.39, 0.29) is 11.8 Å². The van der Waals surface area contributed by atoms with Gasteiger partial charge in [0.15, 0.2) is 5.82 Å². The van der Waals surface area contributed by atoms with Gasteiger partial charge >= 0.3 is 0 Å². The summed E-state index contributed by atoms with van der Waals surface area (Å²) in [4.78, 5) is 12.8. The van der Waals surface area contributed by atoms with Crippen LogP contribution in [-0.4, -0.2) is 24.6 Å². The molecule has 0 aliphatic rings. The van der Waals surface area contributed by atoms with Crippen molar-refractivity contribution >= 4 is 27.9 Å². The first kappa shape index (κ1) is 12.6. The zero-order chi connectivity index (χ0) is 15.1. The van der Waals surface area contributed by atoms with Crippen molar-refractivity contribution in [1.82, 2.24) is 19.5 Å². The molecule has 6 nitrogen and oxygen atoms in total. The third kappa shape index (κ3) is 1.85. The summed E-state index contributed by atoms with van der Waals surface area (Å²) in [5.41, 5.74) is 9.55. The molecular formula is C16H13N5O. The molecule has 3 N–H and O–H groups in total. The average molecular weight is 291 g/mol. The lowest BCUT2D eigenvalue weighted by atomic mass is 10.2. The van der Waals surface area contributed by atoms with Crippen molar-refractivity contribution in [2.24, 2.45) is 0 Å². The minimum absolute atomic E-state index is 0.0921. The molecule has 108 valence electrons. The number of fused-ring (bicyclic) bond motifs is 3. The molecule has 0 saturated carbocycles. The predicted molar refractivity (Wildman–Crippen MR) is 84.5 cm³/mol. The molecule has 0 aliphatic heterocycles. The Kier molecular flexibility index (Phi) is 2.69. The van der Waals surface area contributed by atoms with Gasteiger partial charge in [0.25, 0.3) is 6.01 Å². The number of pyridine rings is 2. The fourth-order valence-corrected chi connectivity index (χ4v) is 2.63. The number of hydrogen-bond donors (Lipinski definition) is 2. The Morgan fingerprint density at radius 2 is 1.82 bits per heavy atom. The molecule has 0 atom stereocenters. The monoisotopic (exact) mass is 291 g/mol. The smallest absolute Gasteiger partial charge is 0.295 e. The van der Waals surface area contributed by atoms with Gasteiger partial charge in [-0.2, -0.15) is 4.98 Å². The van der Waals surface area contributed by atoms with Crippen LogP contribution in [0, 0.1) is 0 Å². The van der Waals surface area contributed by atoms with Gasteiger partial charge in [-0.05, 0) is 17.7 Å². The topological polar surface area (TPSA) is 89.8 Å². The normalized spacial score (nSPS) is 11.3. The molecule has 0 amide bonds. The number of hydrogen-bond acceptors (Lipinski definition) is 5. The largest absolute Gasteiger partial charge is 0.480 e. The highest BCUT2D eigenvalue weighted by atomic mass is 16.3. The fourth-order valence-electron chi connectivity index (χ4n) is 2.63. The molecule has 0 aliphatic carbocycles. The van der Waals surface area contributed by atoms with Gasteiger partial charge in [-0.1, -0.05) is 30.3 Å². The molecule has 1 aromatic carbocycles. The second kappa shape index (κ2) is 4.70. The lowest BCUT2D eigenvalue weighted by Crippen LogP contribution is -2.01. The van der Waals surface area contributed by atoms with E-state index >= 15 is 0 Å². The van der Waals surface area contributed by atoms with Crippen LogP contribution >= 0.6 is 0 Å². The van der Waals surface area contributed by atoms with Crippen molar-refractivity contribution in [3.05, 3.63) is 54.2 Å². The van der Waals surface area contributed by atoms with Gasteiger partial charge in [0, 0.05) is 6.20 Å². The highest BCUT2D eigenvalue weighted by Gasteiger charge is 2.17. The molecule has 0 fully saturated rings. The number of nitrogens with two attached hydrogens (primary N) is 1. The maximum absolute atomic E-state index is 10.2. The molecule has 6 heteroatoms. The number of benzene rings is 1. The van der Waals surface area contributed by atoms with Crippen LogP contribution in [0.3, 0.4) is 0 Å². The van der Waals surface area contributed by atoms with E-state index in [2.05, 4.69) is 15.0 Å². The van der Waals surface area contributed by atoms with Gasteiger partial charge in [-0.15, -0.1) is 0 Å². The molecule has 0 spiro atoms. The summed E-state index contributed by atoms with van der Waals surface area (Å²) in [7, 11) is 0. The van der Waals surface area contributed by atoms with Gasteiger partial charge in [0.05, 0.1) is 12.1 Å². The first-order valence-corrected chi connectivity index (χ1v) is 6.87. The van der Waals surface area contributed by atoms with Gasteiger partial charge in [0.1, 0.15) is 16.6 Å². The third-order valence-electron chi connectivity index (χ3n) is 3.63. The first-order chi connectivity index (χ1) is 10.7. The second-order valence-corrected chi connectivity index (χ2v) is 5.05. The maximum atomic E-state index is 10.2. The molecule has 0 bridgehead atoms. The summed E-state index contributed by atoms with van der Waals surface area (Å²) in [6, 6.07) is 13.4. The van der Waals surface area contributed by atoms with Crippen molar-refractivity contribution in [3.8, 4) is 6.01 Å². The number of imidazole rings is 1. The molecule has 0 saturated heterocycles. The average Bonchev–Trinajstić information content (AvgIpc) is 2.86. The second-order valence-electron chi connectivity index (χ2n) is 5.05. The Bertz CT molecular complexity index is 978. The van der Waals surface area contributed by atoms with E-state index in [0.29, 0.717) is 28.6 Å². The Labute approximate surface area is 125 Å². The molecule has 3 heterocycles. The van der Waals surface area contributed by atoms with Crippen LogP contribution < -0.4 is 5.73 Å². The van der Waals surface area contributed by atoms with Crippen molar-refractivity contribution < 1.29 is 5.11 Å². The summed E-state index contributed by atoms with van der Waals surface area (Å²) in [5, 5.41) is 10.2. The zero-order valence-corrected chi connectivity index (χ0v) is 11.6. The number of aromatic nitrogens is 4. The molecule has 4 rings (SSSR count). The van der Waals surface area contributed by atoms with E-state index in [1.807, 2.05) is 36.4 Å². The van der Waals surface area contributed by atoms with Gasteiger partial charge in [-0.3, -0.25) is 9.55 Å². The Balaban J connectivity index is 2.03. The van der Waals surface area contributed by atoms with E-state index in [1.54, 1.807) is 16.8 Å². The van der Waals surface area contributed by atoms with E-state index < -0.39 is 0 Å². The maximum Gasteiger partial charge on any atom is 0.295 e. The summed E-state index contributed by atoms with van der Waals surface area (Å²) < 4.78 is 1.71. The molecule has 0 radical (unpaired) electrons. The Hall–Kier alpha value is -3.15. The van der Waals surface area contributed by atoms with Crippen LogP contribution in [-0.2, 0) is 6.54 Å². The summed E-state index contributed by atoms with van der Waals surface area (Å²) in [6.07, 6.45) is 1.69. The fraction of sp³-hybridized carbons (Fsp3) is 0.0625. The SMILES string of the molecule is Nc1nc2cccnc2c2c1nc(O)n2Cc1ccccc1. The van der Waals surface area contributed by atoms with Crippen LogP contribution in [0.5, 0.6) is 6.01 Å². The van der Waals surface area contributed by atoms with Gasteiger partial charge in [0.2, 0.25) is 0 Å². The lowest BCUT2D eigenvalue weighted by Gasteiger charge is -2.07. The number of anilines is 1. The lowest BCUT2D eigenvalue weighted by molar-refractivity contribution is 0.409. The molecule has 0 unspecified atom stereocenters. The van der Waals surface area contributed by atoms with E-state index in [1.165, 1.54) is 0 Å². The number of rotatable bonds is 2. The van der Waals surface area contributed by atoms with Crippen LogP contribution in [0.4, 0.5) is 5.82 Å². The number of nitrogens with zero attached hydrogens (tertiary/aromatic N) is 4. The first-order valence-electron chi connectivity index (χ1n) is 6.87. The Morgan fingerprint density at radius 1 is 1.00 bits per heavy atom. The van der Waals surface area contributed by atoms with Crippen molar-refractivity contribution in [2.45, 2.75) is 6.54 Å². The summed E-state index contributed by atoms with van der Waals surface area (Å²) in [5.74, 6) is 0.289. The van der Waals surface area contributed by atoms with Crippen molar-refractivity contribution in [3.63, 3.8) is 0 Å². The highest BCUT2D eigenvalue weighted by Crippen LogP contribution is 2.30. The van der Waals surface area contributed by atoms with Crippen LogP contribution in [0.25, 0.3) is 22.1 Å². The van der Waals surface area contributed by atoms with Gasteiger partial charge in [-0.25, -0.2) is 4.98 Å². The van der Waals surface area contributed by atoms with Crippen LogP contribution in [0.1, 0.15) is 5.56 Å². The predicted octanol–water partition coefficient (Wildman–Crippen LogP) is 2.32. The molecular weight excluding hydrogens is 278 g/mol. The standard InChI is InChI=1S/C16H13N5O/c17-15-13-14(12-11(19-15)7-4-8-18-12)21(16(22)20-13)9-10-5-2-1-3-6-10/h1-8H,9H2,(H2,17,19)(H,20,22). The third-order valence-corrected chi connectivity index (χ3v) is 3.63. The summed E-state index contributed by atoms with van der Waals surface area (Å²) in [6.45, 7) is 0.484. The summed E-state index contributed by atoms with van der Waals surface area (Å²) >= 11 is 0. The Morgan fingerprint density at radius 3 is 2.64 bits per heavy atom. The zero-order valence-electron chi connectivity index (χ0n) is 11.6. The van der Waals surface area contributed by atoms with Crippen LogP contribution in [0.15, 0.2) is 48.7 Å². The molecule has 4 aromatic rings. The molecule has 22 heavy (non-hydrogen) atoms. The van der Waals surface area contributed by atoms with E-state index in [4.69, 9.17) is 5.73 Å². The van der Waals surface area contributed by atoms with Gasteiger partial charge < -0.3 is 10.8 Å². The number of aromatic hydroxyl groups is 1. The minimum Gasteiger partial charge on any atom is -0.480 e. The van der Waals surface area contributed by atoms with Crippen LogP contribution in [0.2, 0.25) is 0 Å². The molecule has 3 aromatic heterocycles. The van der Waals surface area contributed by atoms with E-state index in [0.717, 1.165) is 5.56 Å². The van der Waals surface area contributed by atoms with E-state index in [9.17, 15) is 5.11 Å². The highest BCUT2D eigenvalue weighted by molar-refractivity contribution is 6.04. The van der Waals surface area contributed by atoms with Crippen molar-refractivity contribution in [1.29, 1.82) is 0 Å². The quantitative estimate of drug-likeness (QED) is 0.591. The minimum atomic E-state index is -0.0921. The number of nitrogen functional groups attached to an aromatic ring is 1. The van der Waals surface area contributed by atoms with Crippen molar-refractivity contribution in [2.75, 3.05) is 5.73 Å².